The summed E-state index contributed by atoms with van der Waals surface area (Å²) in [6.45, 7) is 22.8. The Bertz CT molecular complexity index is 2080. The maximum atomic E-state index is 3.40. The molecule has 0 nitrogen and oxygen atoms in total. The SMILES string of the molecule is CC1=CC(C)(C)c2cc3[cH-]c4cc5c(cc4c3cc21)C(C)=CC5(C)C.CCCC1[C-]=CC(C(C)(C)C)=C1.[Cl-].[Cl-].[Zr+2]=[C](c1ccccc1)c1ccccc1. The summed E-state index contributed by atoms with van der Waals surface area (Å²) >= 11 is 1.46. The number of hydrogen-bond donors (Lipinski definition) is 0. The van der Waals surface area contributed by atoms with Crippen molar-refractivity contribution in [2.45, 2.75) is 92.9 Å². The van der Waals surface area contributed by atoms with Crippen molar-refractivity contribution in [3.05, 3.63) is 160 Å². The van der Waals surface area contributed by atoms with E-state index >= 15 is 0 Å². The van der Waals surface area contributed by atoms with Gasteiger partial charge in [-0.05, 0) is 36.1 Å². The summed E-state index contributed by atoms with van der Waals surface area (Å²) < 4.78 is 1.42. The third kappa shape index (κ3) is 9.13. The molecule has 0 amide bonds. The molecule has 0 bridgehead atoms. The minimum atomic E-state index is 0. The Morgan fingerprint density at radius 2 is 1.15 bits per heavy atom. The standard InChI is InChI=1S/C25H25.C13H10.C12H19.2ClH.Zr/c1-14-12-24(3,4)22-8-16-7-17-9-23-19(15(2)13-25(23,5)6)11-21(17)20(16)10-18(14)22;1-3-7-12(8-4-1)11-13-9-5-2-6-10-13;1-5-6-10-7-8-11(9-10)12(2,3)4;;;/h7-13H,1-6H3;1-10H;8-10H,5-6H2,1-4H3;2*1H;/q-1;;-1;;;+2/p-2. The first-order valence-electron chi connectivity index (χ1n) is 18.7. The monoisotopic (exact) mass is 814 g/mol. The minimum absolute atomic E-state index is 0. The second-order valence-corrected chi connectivity index (χ2v) is 18.1. The zero-order valence-electron chi connectivity index (χ0n) is 33.2. The van der Waals surface area contributed by atoms with Crippen molar-refractivity contribution >= 4 is 35.9 Å². The number of rotatable bonds is 4. The van der Waals surface area contributed by atoms with Gasteiger partial charge in [0, 0.05) is 10.8 Å². The summed E-state index contributed by atoms with van der Waals surface area (Å²) in [5.41, 5.74) is 13.3. The van der Waals surface area contributed by atoms with Gasteiger partial charge < -0.3 is 24.8 Å². The number of allylic oxidation sites excluding steroid dienone is 8. The van der Waals surface area contributed by atoms with Gasteiger partial charge in [-0.1, -0.05) is 115 Å². The molecule has 0 aliphatic heterocycles. The van der Waals surface area contributed by atoms with Gasteiger partial charge in [-0.2, -0.15) is 11.6 Å². The first-order chi connectivity index (χ1) is 24.1. The van der Waals surface area contributed by atoms with Crippen LogP contribution in [0.1, 0.15) is 115 Å². The molecule has 0 radical (unpaired) electrons. The van der Waals surface area contributed by atoms with Crippen LogP contribution in [0.4, 0.5) is 0 Å². The Morgan fingerprint density at radius 1 is 0.717 bits per heavy atom. The summed E-state index contributed by atoms with van der Waals surface area (Å²) in [4.78, 5) is 0. The molecule has 0 spiro atoms. The van der Waals surface area contributed by atoms with Gasteiger partial charge in [0.2, 0.25) is 0 Å². The Kier molecular flexibility index (Phi) is 13.6. The summed E-state index contributed by atoms with van der Waals surface area (Å²) in [6, 6.07) is 33.2. The van der Waals surface area contributed by atoms with E-state index in [-0.39, 0.29) is 35.6 Å². The number of halogens is 2. The van der Waals surface area contributed by atoms with E-state index in [0.717, 1.165) is 0 Å². The second kappa shape index (κ2) is 16.8. The molecule has 3 heteroatoms. The molecule has 5 aromatic carbocycles. The van der Waals surface area contributed by atoms with Gasteiger partial charge in [-0.3, -0.25) is 6.08 Å². The van der Waals surface area contributed by atoms with E-state index < -0.39 is 0 Å². The van der Waals surface area contributed by atoms with Crippen LogP contribution in [0.25, 0.3) is 32.7 Å². The summed E-state index contributed by atoms with van der Waals surface area (Å²) in [5, 5.41) is 5.57. The van der Waals surface area contributed by atoms with Crippen LogP contribution < -0.4 is 24.8 Å². The molecule has 0 heterocycles. The molecule has 53 heavy (non-hydrogen) atoms. The molecule has 0 saturated carbocycles. The molecule has 0 saturated heterocycles. The van der Waals surface area contributed by atoms with Crippen molar-refractivity contribution in [2.24, 2.45) is 11.3 Å². The van der Waals surface area contributed by atoms with Crippen molar-refractivity contribution in [3.63, 3.8) is 0 Å². The van der Waals surface area contributed by atoms with E-state index in [1.54, 1.807) is 0 Å². The van der Waals surface area contributed by atoms with E-state index in [0.29, 0.717) is 11.3 Å². The van der Waals surface area contributed by atoms with Crippen LogP contribution >= 0.6 is 0 Å². The molecular formula is C50H54Cl2Zr-2. The molecule has 274 valence electrons. The number of fused-ring (bicyclic) bond motifs is 5. The Labute approximate surface area is 347 Å². The average molecular weight is 817 g/mol. The fraction of sp³-hybridized carbons (Fsp3) is 0.320. The normalized spacial score (nSPS) is 17.2. The summed E-state index contributed by atoms with van der Waals surface area (Å²) in [5.74, 6) is 0.587. The zero-order valence-corrected chi connectivity index (χ0v) is 37.2. The molecule has 0 aromatic heterocycles. The third-order valence-electron chi connectivity index (χ3n) is 10.8. The summed E-state index contributed by atoms with van der Waals surface area (Å²) in [7, 11) is 0. The van der Waals surface area contributed by atoms with Crippen LogP contribution in [0.15, 0.2) is 121 Å². The van der Waals surface area contributed by atoms with Crippen molar-refractivity contribution in [2.75, 3.05) is 0 Å². The average Bonchev–Trinajstić information content (AvgIpc) is 3.82. The van der Waals surface area contributed by atoms with Crippen molar-refractivity contribution in [1.82, 2.24) is 0 Å². The Balaban J connectivity index is 0.000000192. The molecule has 0 N–H and O–H groups in total. The zero-order chi connectivity index (χ0) is 36.7. The Hall–Kier alpha value is -2.96. The van der Waals surface area contributed by atoms with Crippen LogP contribution in [-0.4, -0.2) is 3.21 Å². The maximum absolute atomic E-state index is 3.40. The van der Waals surface area contributed by atoms with Gasteiger partial charge >= 0.3 is 99.2 Å². The number of hydrogen-bond acceptors (Lipinski definition) is 0. The fourth-order valence-corrected chi connectivity index (χ4v) is 8.87. The van der Waals surface area contributed by atoms with Crippen LogP contribution in [-0.2, 0) is 35.1 Å². The Morgan fingerprint density at radius 3 is 1.53 bits per heavy atom. The van der Waals surface area contributed by atoms with Crippen molar-refractivity contribution < 1.29 is 49.0 Å². The molecular weight excluding hydrogens is 763 g/mol. The predicted molar refractivity (Wildman–Crippen MR) is 220 cm³/mol. The van der Waals surface area contributed by atoms with Crippen molar-refractivity contribution in [1.29, 1.82) is 0 Å². The first kappa shape index (κ1) is 42.8. The van der Waals surface area contributed by atoms with Gasteiger partial charge in [0.1, 0.15) is 0 Å². The molecule has 8 rings (SSSR count). The third-order valence-corrected chi connectivity index (χ3v) is 12.2. The van der Waals surface area contributed by atoms with Gasteiger partial charge in [0.25, 0.3) is 0 Å². The van der Waals surface area contributed by atoms with Crippen molar-refractivity contribution in [3.8, 4) is 0 Å². The molecule has 3 aliphatic rings. The van der Waals surface area contributed by atoms with Gasteiger partial charge in [-0.15, -0.1) is 39.7 Å². The van der Waals surface area contributed by atoms with Gasteiger partial charge in [0.05, 0.1) is 0 Å². The molecule has 1 atom stereocenters. The second-order valence-electron chi connectivity index (χ2n) is 16.9. The van der Waals surface area contributed by atoms with E-state index in [2.05, 4.69) is 191 Å². The van der Waals surface area contributed by atoms with Crippen LogP contribution in [0.5, 0.6) is 0 Å². The molecule has 0 fully saturated rings. The fourth-order valence-electron chi connectivity index (χ4n) is 8.05. The van der Waals surface area contributed by atoms with E-state index in [4.69, 9.17) is 0 Å². The quantitative estimate of drug-likeness (QED) is 0.164. The number of benzene rings is 4. The van der Waals surface area contributed by atoms with Gasteiger partial charge in [-0.25, -0.2) is 6.08 Å². The van der Waals surface area contributed by atoms with Gasteiger partial charge in [0.15, 0.2) is 0 Å². The topological polar surface area (TPSA) is 0 Å². The summed E-state index contributed by atoms with van der Waals surface area (Å²) in [6.07, 6.45) is 15.2. The van der Waals surface area contributed by atoms with Crippen LogP contribution in [0.3, 0.4) is 0 Å². The van der Waals surface area contributed by atoms with Crippen LogP contribution in [0, 0.1) is 17.4 Å². The molecule has 3 aliphatic carbocycles. The predicted octanol–water partition coefficient (Wildman–Crippen LogP) is 7.66. The van der Waals surface area contributed by atoms with E-state index in [9.17, 15) is 0 Å². The first-order valence-corrected chi connectivity index (χ1v) is 19.9. The van der Waals surface area contributed by atoms with E-state index in [1.807, 2.05) is 0 Å². The van der Waals surface area contributed by atoms with E-state index in [1.165, 1.54) is 112 Å². The van der Waals surface area contributed by atoms with Crippen LogP contribution in [0.2, 0.25) is 0 Å². The molecule has 5 aromatic rings. The molecule has 1 unspecified atom stereocenters.